The number of carbonyl (C=O) groups excluding carboxylic acids is 2. The van der Waals surface area contributed by atoms with E-state index in [1.54, 1.807) is 66.9 Å². The van der Waals surface area contributed by atoms with Crippen LogP contribution in [0.15, 0.2) is 71.3 Å². The van der Waals surface area contributed by atoms with Crippen molar-refractivity contribution < 1.29 is 18.7 Å². The fraction of sp³-hybridized carbons (Fsp3) is 0.208. The summed E-state index contributed by atoms with van der Waals surface area (Å²) in [5.41, 5.74) is 1.61. The quantitative estimate of drug-likeness (QED) is 0.436. The predicted octanol–water partition coefficient (Wildman–Crippen LogP) is 4.51. The van der Waals surface area contributed by atoms with Gasteiger partial charge in [-0.1, -0.05) is 6.92 Å². The van der Waals surface area contributed by atoms with E-state index >= 15 is 0 Å². The van der Waals surface area contributed by atoms with Crippen molar-refractivity contribution in [3.05, 3.63) is 83.8 Å². The monoisotopic (exact) mass is 451 g/mol. The van der Waals surface area contributed by atoms with Crippen molar-refractivity contribution in [2.24, 2.45) is 0 Å². The Balaban J connectivity index is 1.48. The molecule has 0 aliphatic carbocycles. The number of amides is 2. The minimum atomic E-state index is -0.327. The molecule has 0 fully saturated rings. The standard InChI is InChI=1S/C24H25N3O4S/c1-3-16(2)31-20-12-8-18(9-13-20)23(29)27-24(32)26-19-10-6-17(7-11-19)22(28)25-15-21-5-4-14-30-21/h4-14,16H,3,15H2,1-2H3,(H,25,28)(H2,26,27,29,32). The number of benzene rings is 2. The van der Waals surface area contributed by atoms with Crippen LogP contribution in [0.3, 0.4) is 0 Å². The van der Waals surface area contributed by atoms with Crippen molar-refractivity contribution >= 4 is 34.8 Å². The zero-order chi connectivity index (χ0) is 22.9. The number of ether oxygens (including phenoxy) is 1. The number of thiocarbonyl (C=S) groups is 1. The minimum Gasteiger partial charge on any atom is -0.491 e. The van der Waals surface area contributed by atoms with Gasteiger partial charge in [-0.3, -0.25) is 14.9 Å². The van der Waals surface area contributed by atoms with E-state index in [0.29, 0.717) is 34.9 Å². The van der Waals surface area contributed by atoms with Gasteiger partial charge in [0.05, 0.1) is 18.9 Å². The maximum Gasteiger partial charge on any atom is 0.257 e. The molecule has 3 aromatic rings. The fourth-order valence-corrected chi connectivity index (χ4v) is 2.94. The molecule has 1 unspecified atom stereocenters. The van der Waals surface area contributed by atoms with E-state index in [9.17, 15) is 9.59 Å². The lowest BCUT2D eigenvalue weighted by Gasteiger charge is -2.13. The molecule has 166 valence electrons. The van der Waals surface area contributed by atoms with E-state index < -0.39 is 0 Å². The Morgan fingerprint density at radius 1 is 1.00 bits per heavy atom. The van der Waals surface area contributed by atoms with Crippen molar-refractivity contribution in [1.82, 2.24) is 10.6 Å². The first-order valence-electron chi connectivity index (χ1n) is 10.2. The van der Waals surface area contributed by atoms with Crippen LogP contribution in [0.5, 0.6) is 5.75 Å². The third kappa shape index (κ3) is 6.68. The molecule has 0 saturated carbocycles. The summed E-state index contributed by atoms with van der Waals surface area (Å²) in [5.74, 6) is 0.844. The Bertz CT molecular complexity index is 1050. The average Bonchev–Trinajstić information content (AvgIpc) is 3.32. The molecule has 8 heteroatoms. The van der Waals surface area contributed by atoms with Gasteiger partial charge in [0.2, 0.25) is 0 Å². The minimum absolute atomic E-state index is 0.111. The van der Waals surface area contributed by atoms with E-state index in [2.05, 4.69) is 16.0 Å². The van der Waals surface area contributed by atoms with Crippen molar-refractivity contribution in [3.63, 3.8) is 0 Å². The maximum absolute atomic E-state index is 12.4. The molecule has 2 aromatic carbocycles. The van der Waals surface area contributed by atoms with Crippen LogP contribution >= 0.6 is 12.2 Å². The summed E-state index contributed by atoms with van der Waals surface area (Å²) in [4.78, 5) is 24.6. The molecule has 1 heterocycles. The van der Waals surface area contributed by atoms with Crippen LogP contribution in [0, 0.1) is 0 Å². The molecular formula is C24H25N3O4S. The third-order valence-electron chi connectivity index (χ3n) is 4.66. The molecule has 3 rings (SSSR count). The highest BCUT2D eigenvalue weighted by atomic mass is 32.1. The van der Waals surface area contributed by atoms with Crippen LogP contribution in [0.25, 0.3) is 0 Å². The van der Waals surface area contributed by atoms with Gasteiger partial charge in [0.25, 0.3) is 11.8 Å². The normalized spacial score (nSPS) is 11.3. The highest BCUT2D eigenvalue weighted by Gasteiger charge is 2.10. The molecule has 2 amide bonds. The SMILES string of the molecule is CCC(C)Oc1ccc(C(=O)NC(=S)Nc2ccc(C(=O)NCc3ccco3)cc2)cc1. The van der Waals surface area contributed by atoms with Crippen molar-refractivity contribution in [3.8, 4) is 5.75 Å². The summed E-state index contributed by atoms with van der Waals surface area (Å²) in [6.45, 7) is 4.35. The van der Waals surface area contributed by atoms with Gasteiger partial charge in [-0.15, -0.1) is 0 Å². The van der Waals surface area contributed by atoms with Gasteiger partial charge in [-0.2, -0.15) is 0 Å². The van der Waals surface area contributed by atoms with Gasteiger partial charge < -0.3 is 19.8 Å². The van der Waals surface area contributed by atoms with Gasteiger partial charge in [0.1, 0.15) is 11.5 Å². The van der Waals surface area contributed by atoms with E-state index in [-0.39, 0.29) is 23.0 Å². The second-order valence-electron chi connectivity index (χ2n) is 7.11. The van der Waals surface area contributed by atoms with Crippen molar-refractivity contribution in [1.29, 1.82) is 0 Å². The summed E-state index contributed by atoms with van der Waals surface area (Å²) in [6, 6.07) is 17.2. The van der Waals surface area contributed by atoms with Gasteiger partial charge in [-0.25, -0.2) is 0 Å². The van der Waals surface area contributed by atoms with Crippen molar-refractivity contribution in [2.75, 3.05) is 5.32 Å². The molecule has 7 nitrogen and oxygen atoms in total. The number of hydrogen-bond acceptors (Lipinski definition) is 5. The number of nitrogens with one attached hydrogen (secondary N) is 3. The number of anilines is 1. The number of hydrogen-bond donors (Lipinski definition) is 3. The Hall–Kier alpha value is -3.65. The molecule has 0 bridgehead atoms. The molecule has 0 aliphatic rings. The molecular weight excluding hydrogens is 426 g/mol. The zero-order valence-electron chi connectivity index (χ0n) is 17.9. The lowest BCUT2D eigenvalue weighted by atomic mass is 10.2. The topological polar surface area (TPSA) is 92.6 Å². The second kappa shape index (κ2) is 11.1. The Morgan fingerprint density at radius 3 is 2.28 bits per heavy atom. The predicted molar refractivity (Wildman–Crippen MR) is 127 cm³/mol. The van der Waals surface area contributed by atoms with Gasteiger partial charge in [0.15, 0.2) is 5.11 Å². The smallest absolute Gasteiger partial charge is 0.257 e. The third-order valence-corrected chi connectivity index (χ3v) is 4.87. The Labute approximate surface area is 192 Å². The molecule has 0 radical (unpaired) electrons. The van der Waals surface area contributed by atoms with Gasteiger partial charge in [-0.05, 0) is 86.2 Å². The summed E-state index contributed by atoms with van der Waals surface area (Å²) < 4.78 is 10.9. The maximum atomic E-state index is 12.4. The Kier molecular flexibility index (Phi) is 7.99. The summed E-state index contributed by atoms with van der Waals surface area (Å²) in [6.07, 6.45) is 2.57. The fourth-order valence-electron chi connectivity index (χ4n) is 2.73. The van der Waals surface area contributed by atoms with E-state index in [4.69, 9.17) is 21.4 Å². The molecule has 32 heavy (non-hydrogen) atoms. The zero-order valence-corrected chi connectivity index (χ0v) is 18.7. The number of carbonyl (C=O) groups is 2. The van der Waals surface area contributed by atoms with Crippen LogP contribution in [0.1, 0.15) is 46.7 Å². The molecule has 1 aromatic heterocycles. The van der Waals surface area contributed by atoms with Crippen LogP contribution in [0.2, 0.25) is 0 Å². The van der Waals surface area contributed by atoms with E-state index in [1.165, 1.54) is 0 Å². The average molecular weight is 452 g/mol. The first-order chi connectivity index (χ1) is 15.4. The second-order valence-corrected chi connectivity index (χ2v) is 7.52. The van der Waals surface area contributed by atoms with Crippen LogP contribution in [0.4, 0.5) is 5.69 Å². The Morgan fingerprint density at radius 2 is 1.66 bits per heavy atom. The van der Waals surface area contributed by atoms with Gasteiger partial charge >= 0.3 is 0 Å². The number of rotatable bonds is 8. The summed E-state index contributed by atoms with van der Waals surface area (Å²) in [7, 11) is 0. The van der Waals surface area contributed by atoms with Crippen LogP contribution < -0.4 is 20.7 Å². The molecule has 1 atom stereocenters. The largest absolute Gasteiger partial charge is 0.491 e. The van der Waals surface area contributed by atoms with Gasteiger partial charge in [0, 0.05) is 16.8 Å². The van der Waals surface area contributed by atoms with E-state index in [1.807, 2.05) is 13.8 Å². The van der Waals surface area contributed by atoms with Crippen molar-refractivity contribution in [2.45, 2.75) is 32.9 Å². The molecule has 0 spiro atoms. The summed E-state index contributed by atoms with van der Waals surface area (Å²) in [5, 5.41) is 8.51. The first-order valence-corrected chi connectivity index (χ1v) is 10.6. The highest BCUT2D eigenvalue weighted by molar-refractivity contribution is 7.80. The van der Waals surface area contributed by atoms with E-state index in [0.717, 1.165) is 6.42 Å². The summed E-state index contributed by atoms with van der Waals surface area (Å²) >= 11 is 5.23. The molecule has 3 N–H and O–H groups in total. The lowest BCUT2D eigenvalue weighted by Crippen LogP contribution is -2.34. The van der Waals surface area contributed by atoms with Crippen LogP contribution in [-0.4, -0.2) is 23.0 Å². The first kappa shape index (κ1) is 23.0. The molecule has 0 saturated heterocycles. The molecule has 0 aliphatic heterocycles. The highest BCUT2D eigenvalue weighted by Crippen LogP contribution is 2.15. The lowest BCUT2D eigenvalue weighted by molar-refractivity contribution is 0.0946. The number of furan rings is 1. The van der Waals surface area contributed by atoms with Crippen LogP contribution in [-0.2, 0) is 6.54 Å².